The number of nitrogens with two attached hydrogens (primary N) is 1. The predicted molar refractivity (Wildman–Crippen MR) is 71.9 cm³/mol. The molecule has 0 spiro atoms. The van der Waals surface area contributed by atoms with Gasteiger partial charge in [-0.05, 0) is 36.9 Å². The number of nitrogens with one attached hydrogen (secondary N) is 1. The van der Waals surface area contributed by atoms with Crippen LogP contribution in [0.4, 0.5) is 10.1 Å². The monoisotopic (exact) mass is 280 g/mol. The molecule has 5 nitrogen and oxygen atoms in total. The topological polar surface area (TPSA) is 92.4 Å². The Morgan fingerprint density at radius 3 is 2.60 bits per heavy atom. The lowest BCUT2D eigenvalue weighted by molar-refractivity contribution is -0.119. The minimum absolute atomic E-state index is 0.191. The van der Waals surface area contributed by atoms with E-state index in [1.54, 1.807) is 0 Å². The zero-order chi connectivity index (χ0) is 14.8. The highest BCUT2D eigenvalue weighted by atomic mass is 19.1. The minimum Gasteiger partial charge on any atom is -0.478 e. The maximum Gasteiger partial charge on any atom is 0.337 e. The highest BCUT2D eigenvalue weighted by Crippen LogP contribution is 2.43. The van der Waals surface area contributed by atoms with Crippen LogP contribution in [0, 0.1) is 11.2 Å². The molecule has 0 atom stereocenters. The number of rotatable bonds is 5. The van der Waals surface area contributed by atoms with Gasteiger partial charge in [-0.1, -0.05) is 12.5 Å². The molecule has 1 aromatic carbocycles. The molecule has 108 valence electrons. The van der Waals surface area contributed by atoms with Crippen LogP contribution in [0.25, 0.3) is 0 Å². The number of carboxylic acid groups (broad SMARTS) is 1. The standard InChI is InChI=1S/C14H17FN2O3/c15-10-4-1-3-9(13(19)20)12(10)17-11(18)7-14(8-16)5-2-6-14/h1,3-4H,2,5-8,16H2,(H,17,18)(H,19,20). The lowest BCUT2D eigenvalue weighted by atomic mass is 9.66. The molecule has 1 amide bonds. The third-order valence-electron chi connectivity index (χ3n) is 3.89. The second kappa shape index (κ2) is 5.58. The van der Waals surface area contributed by atoms with E-state index in [-0.39, 0.29) is 23.1 Å². The van der Waals surface area contributed by atoms with Crippen molar-refractivity contribution in [3.63, 3.8) is 0 Å². The Hall–Kier alpha value is -1.95. The van der Waals surface area contributed by atoms with Gasteiger partial charge in [-0.2, -0.15) is 0 Å². The summed E-state index contributed by atoms with van der Waals surface area (Å²) >= 11 is 0. The first kappa shape index (κ1) is 14.5. The van der Waals surface area contributed by atoms with Crippen LogP contribution in [0.3, 0.4) is 0 Å². The normalized spacial score (nSPS) is 16.3. The van der Waals surface area contributed by atoms with Gasteiger partial charge in [-0.25, -0.2) is 9.18 Å². The van der Waals surface area contributed by atoms with Crippen LogP contribution in [0.2, 0.25) is 0 Å². The van der Waals surface area contributed by atoms with Crippen LogP contribution in [0.1, 0.15) is 36.0 Å². The molecule has 2 rings (SSSR count). The fourth-order valence-electron chi connectivity index (χ4n) is 2.48. The number of amides is 1. The average Bonchev–Trinajstić information content (AvgIpc) is 2.36. The molecule has 4 N–H and O–H groups in total. The maximum atomic E-state index is 13.7. The number of halogens is 1. The molecule has 0 saturated heterocycles. The molecule has 0 radical (unpaired) electrons. The first-order chi connectivity index (χ1) is 9.47. The molecule has 0 heterocycles. The van der Waals surface area contributed by atoms with Crippen LogP contribution < -0.4 is 11.1 Å². The van der Waals surface area contributed by atoms with Crippen molar-refractivity contribution in [2.45, 2.75) is 25.7 Å². The van der Waals surface area contributed by atoms with Crippen molar-refractivity contribution in [3.05, 3.63) is 29.6 Å². The Labute approximate surface area is 116 Å². The van der Waals surface area contributed by atoms with Crippen molar-refractivity contribution in [3.8, 4) is 0 Å². The molecule has 1 saturated carbocycles. The maximum absolute atomic E-state index is 13.7. The summed E-state index contributed by atoms with van der Waals surface area (Å²) in [6.07, 6.45) is 2.97. The quantitative estimate of drug-likeness (QED) is 0.769. The van der Waals surface area contributed by atoms with Gasteiger partial charge in [0.05, 0.1) is 11.3 Å². The van der Waals surface area contributed by atoms with Crippen LogP contribution in [-0.2, 0) is 4.79 Å². The summed E-state index contributed by atoms with van der Waals surface area (Å²) in [5.41, 5.74) is 4.92. The molecule has 1 aliphatic rings. The summed E-state index contributed by atoms with van der Waals surface area (Å²) in [4.78, 5) is 23.0. The second-order valence-corrected chi connectivity index (χ2v) is 5.25. The van der Waals surface area contributed by atoms with Crippen LogP contribution in [0.5, 0.6) is 0 Å². The van der Waals surface area contributed by atoms with Crippen molar-refractivity contribution in [1.29, 1.82) is 0 Å². The van der Waals surface area contributed by atoms with Crippen LogP contribution in [-0.4, -0.2) is 23.5 Å². The molecule has 1 aliphatic carbocycles. The summed E-state index contributed by atoms with van der Waals surface area (Å²) in [5, 5.41) is 11.4. The predicted octanol–water partition coefficient (Wildman–Crippen LogP) is 1.98. The molecular formula is C14H17FN2O3. The number of carbonyl (C=O) groups is 2. The van der Waals surface area contributed by atoms with E-state index in [1.807, 2.05) is 0 Å². The van der Waals surface area contributed by atoms with E-state index in [4.69, 9.17) is 10.8 Å². The number of carbonyl (C=O) groups excluding carboxylic acids is 1. The molecule has 6 heteroatoms. The highest BCUT2D eigenvalue weighted by Gasteiger charge is 2.37. The van der Waals surface area contributed by atoms with Crippen molar-refractivity contribution in [1.82, 2.24) is 0 Å². The van der Waals surface area contributed by atoms with Crippen molar-refractivity contribution < 1.29 is 19.1 Å². The number of para-hydroxylation sites is 1. The van der Waals surface area contributed by atoms with Crippen molar-refractivity contribution in [2.24, 2.45) is 11.1 Å². The van der Waals surface area contributed by atoms with E-state index in [0.717, 1.165) is 25.3 Å². The minimum atomic E-state index is -1.28. The fourth-order valence-corrected chi connectivity index (χ4v) is 2.48. The van der Waals surface area contributed by atoms with Gasteiger partial charge in [0.15, 0.2) is 0 Å². The number of carboxylic acids is 1. The Bertz CT molecular complexity index is 536. The highest BCUT2D eigenvalue weighted by molar-refractivity contribution is 6.00. The van der Waals surface area contributed by atoms with Gasteiger partial charge >= 0.3 is 5.97 Å². The summed E-state index contributed by atoms with van der Waals surface area (Å²) in [6, 6.07) is 3.66. The summed E-state index contributed by atoms with van der Waals surface area (Å²) in [6.45, 7) is 0.406. The SMILES string of the molecule is NCC1(CC(=O)Nc2c(F)cccc2C(=O)O)CCC1. The van der Waals surface area contributed by atoms with E-state index in [9.17, 15) is 14.0 Å². The van der Waals surface area contributed by atoms with E-state index in [2.05, 4.69) is 5.32 Å². The lowest BCUT2D eigenvalue weighted by Crippen LogP contribution is -2.40. The molecule has 0 aromatic heterocycles. The molecule has 0 unspecified atom stereocenters. The van der Waals surface area contributed by atoms with Gasteiger partial charge in [0.25, 0.3) is 0 Å². The van der Waals surface area contributed by atoms with Crippen LogP contribution >= 0.6 is 0 Å². The van der Waals surface area contributed by atoms with E-state index >= 15 is 0 Å². The molecule has 0 bridgehead atoms. The Morgan fingerprint density at radius 2 is 2.10 bits per heavy atom. The number of aromatic carboxylic acids is 1. The molecule has 1 aromatic rings. The third kappa shape index (κ3) is 2.80. The first-order valence-electron chi connectivity index (χ1n) is 6.49. The third-order valence-corrected chi connectivity index (χ3v) is 3.89. The van der Waals surface area contributed by atoms with Gasteiger partial charge in [-0.3, -0.25) is 4.79 Å². The van der Waals surface area contributed by atoms with Gasteiger partial charge in [0.1, 0.15) is 5.82 Å². The Morgan fingerprint density at radius 1 is 1.40 bits per heavy atom. The van der Waals surface area contributed by atoms with E-state index < -0.39 is 17.7 Å². The summed E-state index contributed by atoms with van der Waals surface area (Å²) < 4.78 is 13.7. The smallest absolute Gasteiger partial charge is 0.337 e. The van der Waals surface area contributed by atoms with Gasteiger partial charge in [0, 0.05) is 6.42 Å². The zero-order valence-electron chi connectivity index (χ0n) is 11.0. The molecule has 0 aliphatic heterocycles. The van der Waals surface area contributed by atoms with Crippen molar-refractivity contribution >= 4 is 17.6 Å². The summed E-state index contributed by atoms with van der Waals surface area (Å²) in [5.74, 6) is -2.44. The van der Waals surface area contributed by atoms with Crippen molar-refractivity contribution in [2.75, 3.05) is 11.9 Å². The number of hydrogen-bond donors (Lipinski definition) is 3. The largest absolute Gasteiger partial charge is 0.478 e. The van der Waals surface area contributed by atoms with Gasteiger partial charge in [0.2, 0.25) is 5.91 Å². The molecule has 1 fully saturated rings. The Balaban J connectivity index is 2.13. The number of benzene rings is 1. The van der Waals surface area contributed by atoms with Crippen LogP contribution in [0.15, 0.2) is 18.2 Å². The summed E-state index contributed by atoms with van der Waals surface area (Å²) in [7, 11) is 0. The number of anilines is 1. The molecule has 20 heavy (non-hydrogen) atoms. The van der Waals surface area contributed by atoms with Gasteiger partial charge in [-0.15, -0.1) is 0 Å². The Kier molecular flexibility index (Phi) is 4.04. The second-order valence-electron chi connectivity index (χ2n) is 5.25. The lowest BCUT2D eigenvalue weighted by Gasteiger charge is -2.40. The first-order valence-corrected chi connectivity index (χ1v) is 6.49. The number of hydrogen-bond acceptors (Lipinski definition) is 3. The zero-order valence-corrected chi connectivity index (χ0v) is 11.0. The fraction of sp³-hybridized carbons (Fsp3) is 0.429. The van der Waals surface area contributed by atoms with Gasteiger partial charge < -0.3 is 16.2 Å². The van der Waals surface area contributed by atoms with E-state index in [0.29, 0.717) is 6.54 Å². The van der Waals surface area contributed by atoms with E-state index in [1.165, 1.54) is 12.1 Å². The molecular weight excluding hydrogens is 263 g/mol. The average molecular weight is 280 g/mol.